The molecule has 8 heteroatoms. The van der Waals surface area contributed by atoms with Crippen molar-refractivity contribution in [3.8, 4) is 0 Å². The van der Waals surface area contributed by atoms with Gasteiger partial charge in [-0.15, -0.1) is 0 Å². The Morgan fingerprint density at radius 2 is 2.13 bits per heavy atom. The Kier molecular flexibility index (Phi) is 8.69. The predicted octanol–water partition coefficient (Wildman–Crippen LogP) is 2.55. The summed E-state index contributed by atoms with van der Waals surface area (Å²) in [4.78, 5) is 16.6. The second-order valence-electron chi connectivity index (χ2n) is 7.92. The molecule has 4 atom stereocenters. The zero-order valence-electron chi connectivity index (χ0n) is 18.0. The van der Waals surface area contributed by atoms with Gasteiger partial charge in [0.15, 0.2) is 5.96 Å². The van der Waals surface area contributed by atoms with E-state index in [-0.39, 0.29) is 17.3 Å². The Hall–Kier alpha value is -1.93. The molecule has 1 aromatic carbocycles. The number of carbonyl (C=O) groups is 1. The first-order chi connectivity index (χ1) is 14.6. The van der Waals surface area contributed by atoms with Crippen LogP contribution in [0.25, 0.3) is 0 Å². The van der Waals surface area contributed by atoms with Crippen molar-refractivity contribution in [2.45, 2.75) is 69.4 Å². The number of hydrogen-bond donors (Lipinski definition) is 3. The molecule has 166 valence electrons. The fourth-order valence-corrected chi connectivity index (χ4v) is 5.44. The Morgan fingerprint density at radius 1 is 1.27 bits per heavy atom. The molecule has 1 saturated carbocycles. The maximum absolute atomic E-state index is 12.3. The summed E-state index contributed by atoms with van der Waals surface area (Å²) >= 11 is 0. The standard InChI is InChI=1S/C22H34N4O3S/c1-3-30(28)19-10-5-9-18(14-19)26-22(23-2)24-15-16-7-4-8-17(13-16)25-21(27)20-11-6-12-29-20/h4,7-8,13,18-20H,3,5-6,9-12,14-15H2,1-2H3,(H,25,27)(H2,23,24,26). The average Bonchev–Trinajstić information content (AvgIpc) is 3.31. The Morgan fingerprint density at radius 3 is 2.87 bits per heavy atom. The van der Waals surface area contributed by atoms with Gasteiger partial charge >= 0.3 is 0 Å². The van der Waals surface area contributed by atoms with Gasteiger partial charge in [0.05, 0.1) is 0 Å². The molecule has 1 aliphatic heterocycles. The van der Waals surface area contributed by atoms with Gasteiger partial charge in [0.25, 0.3) is 5.91 Å². The van der Waals surface area contributed by atoms with Crippen LogP contribution in [0, 0.1) is 0 Å². The Balaban J connectivity index is 1.50. The van der Waals surface area contributed by atoms with Crippen LogP contribution in [-0.4, -0.2) is 52.9 Å². The van der Waals surface area contributed by atoms with Gasteiger partial charge in [-0.05, 0) is 49.8 Å². The van der Waals surface area contributed by atoms with E-state index in [0.717, 1.165) is 61.5 Å². The average molecular weight is 435 g/mol. The summed E-state index contributed by atoms with van der Waals surface area (Å²) in [5.74, 6) is 1.40. The molecular formula is C22H34N4O3S. The van der Waals surface area contributed by atoms with Crippen molar-refractivity contribution in [1.82, 2.24) is 10.6 Å². The van der Waals surface area contributed by atoms with E-state index in [1.54, 1.807) is 7.05 Å². The summed E-state index contributed by atoms with van der Waals surface area (Å²) in [6, 6.07) is 8.10. The number of amides is 1. The van der Waals surface area contributed by atoms with Gasteiger partial charge in [-0.25, -0.2) is 0 Å². The third-order valence-corrected chi connectivity index (χ3v) is 7.46. The summed E-state index contributed by atoms with van der Waals surface area (Å²) < 4.78 is 17.6. The van der Waals surface area contributed by atoms with Crippen LogP contribution in [0.15, 0.2) is 29.3 Å². The second kappa shape index (κ2) is 11.5. The number of rotatable bonds is 7. The Bertz CT molecular complexity index is 765. The molecule has 1 aliphatic carbocycles. The van der Waals surface area contributed by atoms with Crippen molar-refractivity contribution < 1.29 is 13.7 Å². The molecule has 4 unspecified atom stereocenters. The zero-order chi connectivity index (χ0) is 21.3. The molecule has 30 heavy (non-hydrogen) atoms. The first-order valence-electron chi connectivity index (χ1n) is 10.9. The molecule has 2 aliphatic rings. The summed E-state index contributed by atoms with van der Waals surface area (Å²) in [6.45, 7) is 3.25. The minimum absolute atomic E-state index is 0.0774. The number of guanidine groups is 1. The molecule has 1 amide bonds. The van der Waals surface area contributed by atoms with Crippen molar-refractivity contribution in [3.63, 3.8) is 0 Å². The van der Waals surface area contributed by atoms with Gasteiger partial charge in [0.2, 0.25) is 0 Å². The molecule has 1 heterocycles. The van der Waals surface area contributed by atoms with Gasteiger partial charge in [-0.3, -0.25) is 14.0 Å². The van der Waals surface area contributed by atoms with Crippen LogP contribution in [0.3, 0.4) is 0 Å². The largest absolute Gasteiger partial charge is 0.368 e. The molecule has 0 radical (unpaired) electrons. The third-order valence-electron chi connectivity index (χ3n) is 5.72. The number of aliphatic imine (C=N–C) groups is 1. The number of ether oxygens (including phenoxy) is 1. The van der Waals surface area contributed by atoms with Crippen molar-refractivity contribution in [2.24, 2.45) is 4.99 Å². The van der Waals surface area contributed by atoms with Gasteiger partial charge in [0, 0.05) is 53.7 Å². The van der Waals surface area contributed by atoms with E-state index in [1.165, 1.54) is 0 Å². The van der Waals surface area contributed by atoms with Crippen molar-refractivity contribution in [2.75, 3.05) is 24.7 Å². The lowest BCUT2D eigenvalue weighted by Gasteiger charge is -2.30. The number of hydrogen-bond acceptors (Lipinski definition) is 4. The smallest absolute Gasteiger partial charge is 0.253 e. The highest BCUT2D eigenvalue weighted by atomic mass is 32.2. The number of benzene rings is 1. The molecule has 2 fully saturated rings. The summed E-state index contributed by atoms with van der Waals surface area (Å²) in [7, 11) is 1.03. The maximum Gasteiger partial charge on any atom is 0.253 e. The summed E-state index contributed by atoms with van der Waals surface area (Å²) in [5.41, 5.74) is 1.83. The highest BCUT2D eigenvalue weighted by molar-refractivity contribution is 7.85. The lowest BCUT2D eigenvalue weighted by molar-refractivity contribution is -0.124. The third kappa shape index (κ3) is 6.54. The fraction of sp³-hybridized carbons (Fsp3) is 0.636. The quantitative estimate of drug-likeness (QED) is 0.453. The topological polar surface area (TPSA) is 91.8 Å². The summed E-state index contributed by atoms with van der Waals surface area (Å²) in [6.07, 6.45) is 5.52. The molecule has 1 saturated heterocycles. The van der Waals surface area contributed by atoms with Gasteiger partial charge < -0.3 is 20.7 Å². The maximum atomic E-state index is 12.3. The van der Waals surface area contributed by atoms with Crippen LogP contribution in [0.2, 0.25) is 0 Å². The van der Waals surface area contributed by atoms with Crippen LogP contribution >= 0.6 is 0 Å². The van der Waals surface area contributed by atoms with E-state index >= 15 is 0 Å². The SMILES string of the molecule is CCS(=O)C1CCCC(NC(=NC)NCc2cccc(NC(=O)C3CCCO3)c2)C1. The lowest BCUT2D eigenvalue weighted by atomic mass is 9.95. The normalized spacial score (nSPS) is 25.5. The van der Waals surface area contributed by atoms with E-state index in [1.807, 2.05) is 31.2 Å². The van der Waals surface area contributed by atoms with E-state index in [9.17, 15) is 9.00 Å². The number of anilines is 1. The van der Waals surface area contributed by atoms with Crippen LogP contribution in [0.1, 0.15) is 51.0 Å². The van der Waals surface area contributed by atoms with Crippen LogP contribution in [0.5, 0.6) is 0 Å². The molecule has 0 spiro atoms. The van der Waals surface area contributed by atoms with Crippen LogP contribution < -0.4 is 16.0 Å². The minimum atomic E-state index is -0.737. The lowest BCUT2D eigenvalue weighted by Crippen LogP contribution is -2.46. The van der Waals surface area contributed by atoms with Crippen molar-refractivity contribution in [3.05, 3.63) is 29.8 Å². The first kappa shape index (κ1) is 22.7. The summed E-state index contributed by atoms with van der Waals surface area (Å²) in [5, 5.41) is 10.1. The first-order valence-corrected chi connectivity index (χ1v) is 12.3. The highest BCUT2D eigenvalue weighted by Gasteiger charge is 2.26. The second-order valence-corrected chi connectivity index (χ2v) is 9.92. The zero-order valence-corrected chi connectivity index (χ0v) is 18.8. The number of carbonyl (C=O) groups excluding carboxylic acids is 1. The van der Waals surface area contributed by atoms with Crippen LogP contribution in [0.4, 0.5) is 5.69 Å². The molecule has 7 nitrogen and oxygen atoms in total. The predicted molar refractivity (Wildman–Crippen MR) is 122 cm³/mol. The van der Waals surface area contributed by atoms with Crippen molar-refractivity contribution in [1.29, 1.82) is 0 Å². The fourth-order valence-electron chi connectivity index (χ4n) is 4.09. The van der Waals surface area contributed by atoms with Gasteiger partial charge in [-0.1, -0.05) is 25.5 Å². The van der Waals surface area contributed by atoms with Gasteiger partial charge in [0.1, 0.15) is 6.10 Å². The van der Waals surface area contributed by atoms with E-state index in [4.69, 9.17) is 4.74 Å². The molecule has 3 N–H and O–H groups in total. The van der Waals surface area contributed by atoms with Gasteiger partial charge in [-0.2, -0.15) is 0 Å². The highest BCUT2D eigenvalue weighted by Crippen LogP contribution is 2.23. The molecule has 0 bridgehead atoms. The number of nitrogens with one attached hydrogen (secondary N) is 3. The molecule has 0 aromatic heterocycles. The van der Waals surface area contributed by atoms with Crippen LogP contribution in [-0.2, 0) is 26.9 Å². The van der Waals surface area contributed by atoms with E-state index in [0.29, 0.717) is 19.2 Å². The molecule has 3 rings (SSSR count). The Labute approximate surface area is 181 Å². The minimum Gasteiger partial charge on any atom is -0.368 e. The van der Waals surface area contributed by atoms with E-state index in [2.05, 4.69) is 20.9 Å². The molecular weight excluding hydrogens is 400 g/mol. The van der Waals surface area contributed by atoms with Crippen molar-refractivity contribution >= 4 is 28.4 Å². The van der Waals surface area contributed by atoms with E-state index < -0.39 is 10.8 Å². The monoisotopic (exact) mass is 434 g/mol. The number of nitrogens with zero attached hydrogens (tertiary/aromatic N) is 1. The molecule has 1 aromatic rings.